The first-order valence-corrected chi connectivity index (χ1v) is 8.43. The van der Waals surface area contributed by atoms with Crippen LogP contribution in [0, 0.1) is 23.7 Å². The fourth-order valence-electron chi connectivity index (χ4n) is 2.64. The molecule has 1 aliphatic carbocycles. The van der Waals surface area contributed by atoms with Gasteiger partial charge in [-0.15, -0.1) is 0 Å². The van der Waals surface area contributed by atoms with Gasteiger partial charge in [-0.3, -0.25) is 9.59 Å². The molecule has 1 aromatic rings. The molecular formula is C18H27NO4. The summed E-state index contributed by atoms with van der Waals surface area (Å²) in [6.45, 7) is 6.46. The number of esters is 2. The van der Waals surface area contributed by atoms with Crippen molar-refractivity contribution in [3.63, 3.8) is 0 Å². The monoisotopic (exact) mass is 321 g/mol. The van der Waals surface area contributed by atoms with E-state index in [2.05, 4.69) is 4.98 Å². The molecule has 1 fully saturated rings. The minimum absolute atomic E-state index is 0.0826. The zero-order valence-electron chi connectivity index (χ0n) is 14.2. The Bertz CT molecular complexity index is 509. The van der Waals surface area contributed by atoms with Crippen LogP contribution in [-0.4, -0.2) is 30.1 Å². The van der Waals surface area contributed by atoms with E-state index in [0.29, 0.717) is 31.5 Å². The van der Waals surface area contributed by atoms with Gasteiger partial charge in [-0.1, -0.05) is 20.8 Å². The van der Waals surface area contributed by atoms with Gasteiger partial charge in [-0.25, -0.2) is 0 Å². The van der Waals surface area contributed by atoms with E-state index in [1.807, 2.05) is 39.1 Å². The van der Waals surface area contributed by atoms with Crippen molar-refractivity contribution in [1.29, 1.82) is 0 Å². The van der Waals surface area contributed by atoms with Crippen molar-refractivity contribution in [2.75, 3.05) is 13.2 Å². The van der Waals surface area contributed by atoms with E-state index < -0.39 is 0 Å². The molecule has 23 heavy (non-hydrogen) atoms. The average Bonchev–Trinajstić information content (AvgIpc) is 3.03. The lowest BCUT2D eigenvalue weighted by atomic mass is 10.0. The maximum atomic E-state index is 12.0. The van der Waals surface area contributed by atoms with Gasteiger partial charge in [0.2, 0.25) is 0 Å². The maximum Gasteiger partial charge on any atom is 0.308 e. The summed E-state index contributed by atoms with van der Waals surface area (Å²) in [5.74, 6) is 0.414. The molecule has 3 atom stereocenters. The van der Waals surface area contributed by atoms with Crippen molar-refractivity contribution in [2.24, 2.45) is 23.7 Å². The Hall–Kier alpha value is -1.78. The van der Waals surface area contributed by atoms with Crippen LogP contribution in [-0.2, 0) is 25.5 Å². The first kappa shape index (κ1) is 17.6. The van der Waals surface area contributed by atoms with Gasteiger partial charge in [0, 0.05) is 18.3 Å². The summed E-state index contributed by atoms with van der Waals surface area (Å²) in [5, 5.41) is 0. The molecule has 0 radical (unpaired) electrons. The molecule has 0 aliphatic heterocycles. The van der Waals surface area contributed by atoms with Crippen LogP contribution in [0.1, 0.15) is 39.3 Å². The largest absolute Gasteiger partial charge is 0.465 e. The van der Waals surface area contributed by atoms with Crippen LogP contribution >= 0.6 is 0 Å². The Balaban J connectivity index is 1.58. The quantitative estimate of drug-likeness (QED) is 0.710. The second kappa shape index (κ2) is 8.18. The van der Waals surface area contributed by atoms with Crippen LogP contribution in [0.2, 0.25) is 0 Å². The smallest absolute Gasteiger partial charge is 0.308 e. The van der Waals surface area contributed by atoms with Gasteiger partial charge < -0.3 is 14.5 Å². The lowest BCUT2D eigenvalue weighted by Crippen LogP contribution is -2.18. The molecule has 1 aliphatic rings. The summed E-state index contributed by atoms with van der Waals surface area (Å²) in [4.78, 5) is 26.5. The summed E-state index contributed by atoms with van der Waals surface area (Å²) < 4.78 is 10.6. The lowest BCUT2D eigenvalue weighted by Gasteiger charge is -2.11. The Labute approximate surface area is 137 Å². The number of hydrogen-bond donors (Lipinski definition) is 1. The van der Waals surface area contributed by atoms with Crippen LogP contribution < -0.4 is 0 Å². The van der Waals surface area contributed by atoms with Crippen LogP contribution in [0.5, 0.6) is 0 Å². The molecule has 1 saturated carbocycles. The fraction of sp³-hybridized carbons (Fsp3) is 0.667. The molecule has 3 unspecified atom stereocenters. The van der Waals surface area contributed by atoms with Crippen molar-refractivity contribution < 1.29 is 19.1 Å². The molecule has 5 heteroatoms. The van der Waals surface area contributed by atoms with E-state index in [1.165, 1.54) is 0 Å². The second-order valence-electron chi connectivity index (χ2n) is 6.79. The highest BCUT2D eigenvalue weighted by atomic mass is 16.5. The van der Waals surface area contributed by atoms with Gasteiger partial charge in [0.05, 0.1) is 25.0 Å². The zero-order chi connectivity index (χ0) is 16.8. The third-order valence-electron chi connectivity index (χ3n) is 4.32. The number of rotatable bonds is 9. The van der Waals surface area contributed by atoms with Gasteiger partial charge in [-0.2, -0.15) is 0 Å². The second-order valence-corrected chi connectivity index (χ2v) is 6.79. The number of aromatic nitrogens is 1. The van der Waals surface area contributed by atoms with Crippen molar-refractivity contribution in [3.8, 4) is 0 Å². The highest BCUT2D eigenvalue weighted by Crippen LogP contribution is 2.43. The van der Waals surface area contributed by atoms with E-state index in [0.717, 1.165) is 18.5 Å². The molecular weight excluding hydrogens is 294 g/mol. The number of hydrogen-bond acceptors (Lipinski definition) is 4. The first-order valence-electron chi connectivity index (χ1n) is 8.43. The summed E-state index contributed by atoms with van der Waals surface area (Å²) >= 11 is 0. The molecule has 2 rings (SSSR count). The minimum Gasteiger partial charge on any atom is -0.465 e. The predicted octanol–water partition coefficient (Wildman–Crippen LogP) is 2.96. The fourth-order valence-corrected chi connectivity index (χ4v) is 2.64. The summed E-state index contributed by atoms with van der Waals surface area (Å²) in [7, 11) is 0. The van der Waals surface area contributed by atoms with Crippen molar-refractivity contribution in [3.05, 3.63) is 24.0 Å². The van der Waals surface area contributed by atoms with E-state index in [1.54, 1.807) is 0 Å². The first-order chi connectivity index (χ1) is 11.0. The van der Waals surface area contributed by atoms with Crippen LogP contribution in [0.4, 0.5) is 0 Å². The van der Waals surface area contributed by atoms with Crippen LogP contribution in [0.25, 0.3) is 0 Å². The molecule has 1 aromatic heterocycles. The van der Waals surface area contributed by atoms with Gasteiger partial charge in [-0.05, 0) is 36.8 Å². The number of ether oxygens (including phenoxy) is 2. The minimum atomic E-state index is -0.146. The molecule has 1 N–H and O–H groups in total. The number of H-pyrrole nitrogens is 1. The maximum absolute atomic E-state index is 12.0. The van der Waals surface area contributed by atoms with Gasteiger partial charge >= 0.3 is 11.9 Å². The molecule has 0 spiro atoms. The highest BCUT2D eigenvalue weighted by molar-refractivity contribution is 5.72. The molecule has 0 bridgehead atoms. The Morgan fingerprint density at radius 3 is 2.65 bits per heavy atom. The van der Waals surface area contributed by atoms with E-state index in [4.69, 9.17) is 9.47 Å². The summed E-state index contributed by atoms with van der Waals surface area (Å²) in [6.07, 6.45) is 4.42. The summed E-state index contributed by atoms with van der Waals surface area (Å²) in [6, 6.07) is 3.91. The molecule has 128 valence electrons. The SMILES string of the molecule is CC(C)C(=O)OCC1CC1CC(C)C(=O)OCCc1ccc[nH]1. The van der Waals surface area contributed by atoms with Crippen molar-refractivity contribution in [1.82, 2.24) is 4.98 Å². The van der Waals surface area contributed by atoms with E-state index >= 15 is 0 Å². The molecule has 0 aromatic carbocycles. The molecule has 0 saturated heterocycles. The zero-order valence-corrected chi connectivity index (χ0v) is 14.2. The molecule has 1 heterocycles. The van der Waals surface area contributed by atoms with E-state index in [-0.39, 0.29) is 23.8 Å². The Kier molecular flexibility index (Phi) is 6.25. The summed E-state index contributed by atoms with van der Waals surface area (Å²) in [5.41, 5.74) is 1.07. The lowest BCUT2D eigenvalue weighted by molar-refractivity contribution is -0.149. The van der Waals surface area contributed by atoms with Crippen LogP contribution in [0.3, 0.4) is 0 Å². The standard InChI is InChI=1S/C18H27NO4/c1-12(2)17(20)23-11-15-10-14(15)9-13(3)18(21)22-8-6-16-5-4-7-19-16/h4-5,7,12-15,19H,6,8-11H2,1-3H3. The number of aromatic amines is 1. The number of carbonyl (C=O) groups excluding carboxylic acids is 2. The molecule has 5 nitrogen and oxygen atoms in total. The van der Waals surface area contributed by atoms with Crippen LogP contribution in [0.15, 0.2) is 18.3 Å². The normalized spacial score (nSPS) is 21.0. The average molecular weight is 321 g/mol. The predicted molar refractivity (Wildman–Crippen MR) is 86.6 cm³/mol. The van der Waals surface area contributed by atoms with Gasteiger partial charge in [0.1, 0.15) is 0 Å². The molecule has 0 amide bonds. The van der Waals surface area contributed by atoms with Gasteiger partial charge in [0.25, 0.3) is 0 Å². The van der Waals surface area contributed by atoms with Crippen molar-refractivity contribution >= 4 is 11.9 Å². The third-order valence-corrected chi connectivity index (χ3v) is 4.32. The topological polar surface area (TPSA) is 68.4 Å². The highest BCUT2D eigenvalue weighted by Gasteiger charge is 2.40. The van der Waals surface area contributed by atoms with Crippen molar-refractivity contribution in [2.45, 2.75) is 40.0 Å². The third kappa shape index (κ3) is 5.73. The number of carbonyl (C=O) groups is 2. The number of nitrogens with one attached hydrogen (secondary N) is 1. The Morgan fingerprint density at radius 2 is 2.00 bits per heavy atom. The van der Waals surface area contributed by atoms with E-state index in [9.17, 15) is 9.59 Å². The Morgan fingerprint density at radius 1 is 1.22 bits per heavy atom. The van der Waals surface area contributed by atoms with Gasteiger partial charge in [0.15, 0.2) is 0 Å².